The molecule has 1 aromatic heterocycles. The Kier molecular flexibility index (Phi) is 8.31. The number of piperazine rings is 1. The maximum atomic E-state index is 13.4. The molecule has 4 rings (SSSR count). The smallest absolute Gasteiger partial charge is 0.336 e. The van der Waals surface area contributed by atoms with E-state index in [0.717, 1.165) is 26.2 Å². The largest absolute Gasteiger partial charge is 0.466 e. The lowest BCUT2D eigenvalue weighted by molar-refractivity contribution is -0.384. The van der Waals surface area contributed by atoms with E-state index < -0.39 is 22.8 Å². The number of nitrogens with one attached hydrogen (secondary N) is 1. The number of methoxy groups -OCH3 is 1. The summed E-state index contributed by atoms with van der Waals surface area (Å²) in [5.41, 5.74) is 1.70. The number of allylic oxidation sites excluding steroid dienone is 2. The molecule has 0 amide bonds. The predicted octanol–water partition coefficient (Wildman–Crippen LogP) is 2.16. The van der Waals surface area contributed by atoms with Gasteiger partial charge in [0.05, 0.1) is 29.1 Å². The third kappa shape index (κ3) is 5.80. The van der Waals surface area contributed by atoms with Crippen molar-refractivity contribution in [3.63, 3.8) is 0 Å². The standard InChI is InChI=1S/C26H30N6O6/c1-17-21(24(33)37-3)23(19-6-4-7-20(16-19)32(35)36)22(18(2)29-17)25(34)38-15-14-30-10-12-31(13-11-30)26-27-8-5-9-28-26/h4-9,16,23,29H,10-15H2,1-3H3. The van der Waals surface area contributed by atoms with Crippen molar-refractivity contribution in [1.82, 2.24) is 20.2 Å². The Labute approximate surface area is 220 Å². The van der Waals surface area contributed by atoms with E-state index in [0.29, 0.717) is 29.5 Å². The van der Waals surface area contributed by atoms with E-state index in [2.05, 4.69) is 25.1 Å². The number of hydrogen-bond donors (Lipinski definition) is 1. The molecule has 2 aromatic rings. The van der Waals surface area contributed by atoms with Crippen LogP contribution < -0.4 is 10.2 Å². The number of non-ortho nitro benzene ring substituents is 1. The molecule has 12 heteroatoms. The number of nitrogens with zero attached hydrogens (tertiary/aromatic N) is 5. The third-order valence-corrected chi connectivity index (χ3v) is 6.65. The molecule has 0 radical (unpaired) electrons. The Bertz CT molecular complexity index is 1270. The highest BCUT2D eigenvalue weighted by atomic mass is 16.6. The Hall–Kier alpha value is -4.32. The van der Waals surface area contributed by atoms with E-state index in [-0.39, 0.29) is 23.4 Å². The molecule has 0 spiro atoms. The number of anilines is 1. The van der Waals surface area contributed by atoms with Gasteiger partial charge in [0.1, 0.15) is 6.61 Å². The molecule has 1 fully saturated rings. The van der Waals surface area contributed by atoms with Crippen molar-refractivity contribution in [3.05, 3.63) is 80.9 Å². The molecular weight excluding hydrogens is 492 g/mol. The van der Waals surface area contributed by atoms with Crippen LogP contribution in [0.15, 0.2) is 65.3 Å². The van der Waals surface area contributed by atoms with Crippen molar-refractivity contribution in [3.8, 4) is 0 Å². The summed E-state index contributed by atoms with van der Waals surface area (Å²) in [6.07, 6.45) is 3.43. The fourth-order valence-electron chi connectivity index (χ4n) is 4.77. The van der Waals surface area contributed by atoms with Crippen molar-refractivity contribution in [2.45, 2.75) is 19.8 Å². The summed E-state index contributed by atoms with van der Waals surface area (Å²) in [7, 11) is 1.25. The predicted molar refractivity (Wildman–Crippen MR) is 138 cm³/mol. The molecule has 1 atom stereocenters. The first kappa shape index (κ1) is 26.7. The first-order valence-corrected chi connectivity index (χ1v) is 12.2. The summed E-state index contributed by atoms with van der Waals surface area (Å²) >= 11 is 0. The number of nitro groups is 1. The van der Waals surface area contributed by atoms with Crippen molar-refractivity contribution in [2.24, 2.45) is 0 Å². The van der Waals surface area contributed by atoms with Crippen LogP contribution in [0.3, 0.4) is 0 Å². The van der Waals surface area contributed by atoms with Crippen LogP contribution in [-0.4, -0.2) is 78.2 Å². The number of hydrogen-bond acceptors (Lipinski definition) is 11. The first-order valence-electron chi connectivity index (χ1n) is 12.2. The summed E-state index contributed by atoms with van der Waals surface area (Å²) < 4.78 is 10.7. The molecule has 1 aromatic carbocycles. The Balaban J connectivity index is 1.47. The molecule has 38 heavy (non-hydrogen) atoms. The van der Waals surface area contributed by atoms with Crippen LogP contribution in [-0.2, 0) is 19.1 Å². The number of dihydropyridines is 1. The Morgan fingerprint density at radius 2 is 1.71 bits per heavy atom. The molecule has 1 saturated heterocycles. The zero-order chi connectivity index (χ0) is 27.2. The van der Waals surface area contributed by atoms with Crippen LogP contribution in [0.1, 0.15) is 25.3 Å². The maximum Gasteiger partial charge on any atom is 0.336 e. The van der Waals surface area contributed by atoms with Gasteiger partial charge >= 0.3 is 11.9 Å². The molecule has 1 unspecified atom stereocenters. The topological polar surface area (TPSA) is 140 Å². The number of carbonyl (C=O) groups is 2. The van der Waals surface area contributed by atoms with Gasteiger partial charge in [-0.15, -0.1) is 0 Å². The van der Waals surface area contributed by atoms with Gasteiger partial charge in [-0.3, -0.25) is 15.0 Å². The van der Waals surface area contributed by atoms with Gasteiger partial charge in [-0.25, -0.2) is 19.6 Å². The van der Waals surface area contributed by atoms with Crippen molar-refractivity contribution in [2.75, 3.05) is 51.3 Å². The lowest BCUT2D eigenvalue weighted by Gasteiger charge is -2.34. The van der Waals surface area contributed by atoms with E-state index in [4.69, 9.17) is 9.47 Å². The molecule has 2 aliphatic heterocycles. The second-order valence-electron chi connectivity index (χ2n) is 8.99. The van der Waals surface area contributed by atoms with Gasteiger partial charge in [-0.2, -0.15) is 0 Å². The van der Waals surface area contributed by atoms with Crippen molar-refractivity contribution in [1.29, 1.82) is 0 Å². The number of nitro benzene ring substituents is 1. The quantitative estimate of drug-likeness (QED) is 0.310. The minimum Gasteiger partial charge on any atom is -0.466 e. The van der Waals surface area contributed by atoms with Crippen LogP contribution in [0.5, 0.6) is 0 Å². The molecule has 1 N–H and O–H groups in total. The highest BCUT2D eigenvalue weighted by molar-refractivity contribution is 5.99. The Morgan fingerprint density at radius 3 is 2.34 bits per heavy atom. The van der Waals surface area contributed by atoms with Gasteiger partial charge in [0.25, 0.3) is 5.69 Å². The van der Waals surface area contributed by atoms with Crippen molar-refractivity contribution < 1.29 is 24.0 Å². The van der Waals surface area contributed by atoms with E-state index in [1.807, 2.05) is 0 Å². The summed E-state index contributed by atoms with van der Waals surface area (Å²) in [5.74, 6) is -1.42. The molecule has 3 heterocycles. The van der Waals surface area contributed by atoms with Crippen LogP contribution in [0, 0.1) is 10.1 Å². The monoisotopic (exact) mass is 522 g/mol. The summed E-state index contributed by atoms with van der Waals surface area (Å²) in [4.78, 5) is 49.9. The fraction of sp³-hybridized carbons (Fsp3) is 0.385. The van der Waals surface area contributed by atoms with E-state index >= 15 is 0 Å². The highest BCUT2D eigenvalue weighted by Gasteiger charge is 2.38. The molecule has 2 aliphatic rings. The fourth-order valence-corrected chi connectivity index (χ4v) is 4.77. The van der Waals surface area contributed by atoms with Crippen LogP contribution >= 0.6 is 0 Å². The zero-order valence-electron chi connectivity index (χ0n) is 21.5. The third-order valence-electron chi connectivity index (χ3n) is 6.65. The van der Waals surface area contributed by atoms with Gasteiger partial charge in [-0.05, 0) is 25.5 Å². The molecule has 0 aliphatic carbocycles. The number of carbonyl (C=O) groups excluding carboxylic acids is 2. The lowest BCUT2D eigenvalue weighted by atomic mass is 9.80. The van der Waals surface area contributed by atoms with Crippen molar-refractivity contribution >= 4 is 23.6 Å². The Morgan fingerprint density at radius 1 is 1.05 bits per heavy atom. The van der Waals surface area contributed by atoms with E-state index in [1.165, 1.54) is 25.3 Å². The number of benzene rings is 1. The second kappa shape index (κ2) is 11.8. The number of esters is 2. The van der Waals surface area contributed by atoms with Gasteiger partial charge in [0.2, 0.25) is 5.95 Å². The van der Waals surface area contributed by atoms with Gasteiger partial charge < -0.3 is 19.7 Å². The number of rotatable bonds is 8. The molecular formula is C26H30N6O6. The first-order chi connectivity index (χ1) is 18.3. The number of ether oxygens (including phenoxy) is 2. The normalized spacial score (nSPS) is 18.2. The van der Waals surface area contributed by atoms with Gasteiger partial charge in [0, 0.05) is 68.6 Å². The SMILES string of the molecule is COC(=O)C1=C(C)NC(C)=C(C(=O)OCCN2CCN(c3ncccn3)CC2)C1c1cccc([N+](=O)[O-])c1. The molecule has 12 nitrogen and oxygen atoms in total. The van der Waals surface area contributed by atoms with Crippen LogP contribution in [0.4, 0.5) is 11.6 Å². The summed E-state index contributed by atoms with van der Waals surface area (Å²) in [5, 5.41) is 14.5. The average Bonchev–Trinajstić information content (AvgIpc) is 2.93. The lowest BCUT2D eigenvalue weighted by Crippen LogP contribution is -2.48. The molecule has 0 saturated carbocycles. The molecule has 0 bridgehead atoms. The zero-order valence-corrected chi connectivity index (χ0v) is 21.5. The van der Waals surface area contributed by atoms with Crippen LogP contribution in [0.2, 0.25) is 0 Å². The molecule has 200 valence electrons. The van der Waals surface area contributed by atoms with E-state index in [1.54, 1.807) is 38.4 Å². The summed E-state index contributed by atoms with van der Waals surface area (Å²) in [6.45, 7) is 7.14. The van der Waals surface area contributed by atoms with Gasteiger partial charge in [-0.1, -0.05) is 12.1 Å². The van der Waals surface area contributed by atoms with Gasteiger partial charge in [0.15, 0.2) is 0 Å². The second-order valence-corrected chi connectivity index (χ2v) is 8.99. The highest BCUT2D eigenvalue weighted by Crippen LogP contribution is 2.40. The maximum absolute atomic E-state index is 13.4. The minimum atomic E-state index is -0.884. The van der Waals surface area contributed by atoms with E-state index in [9.17, 15) is 19.7 Å². The summed E-state index contributed by atoms with van der Waals surface area (Å²) in [6, 6.07) is 7.68. The van der Waals surface area contributed by atoms with Crippen LogP contribution in [0.25, 0.3) is 0 Å². The minimum absolute atomic E-state index is 0.145. The number of aromatic nitrogens is 2. The average molecular weight is 523 g/mol.